The molecule has 0 bridgehead atoms. The van der Waals surface area contributed by atoms with Crippen LogP contribution in [0.3, 0.4) is 0 Å². The molecule has 2 aromatic carbocycles. The zero-order valence-electron chi connectivity index (χ0n) is 14.3. The second-order valence-corrected chi connectivity index (χ2v) is 5.62. The molecule has 1 heterocycles. The van der Waals surface area contributed by atoms with E-state index in [1.54, 1.807) is 18.0 Å². The number of benzene rings is 2. The number of hydrogen-bond acceptors (Lipinski definition) is 4. The predicted molar refractivity (Wildman–Crippen MR) is 97.1 cm³/mol. The van der Waals surface area contributed by atoms with Gasteiger partial charge in [0.2, 0.25) is 11.8 Å². The molecule has 0 N–H and O–H groups in total. The van der Waals surface area contributed by atoms with Gasteiger partial charge in [-0.05, 0) is 36.8 Å². The molecule has 1 aromatic heterocycles. The van der Waals surface area contributed by atoms with E-state index in [0.29, 0.717) is 24.6 Å². The van der Waals surface area contributed by atoms with Crippen molar-refractivity contribution in [2.24, 2.45) is 0 Å². The fourth-order valence-corrected chi connectivity index (χ4v) is 2.44. The number of fused-ring (bicyclic) bond motifs is 1. The lowest BCUT2D eigenvalue weighted by Gasteiger charge is -2.15. The highest BCUT2D eigenvalue weighted by Crippen LogP contribution is 2.16. The summed E-state index contributed by atoms with van der Waals surface area (Å²) < 4.78 is 11.0. The summed E-state index contributed by atoms with van der Waals surface area (Å²) in [7, 11) is 1.76. The summed E-state index contributed by atoms with van der Waals surface area (Å²) in [4.78, 5) is 18.2. The first kappa shape index (κ1) is 16.8. The zero-order valence-corrected chi connectivity index (χ0v) is 14.3. The zero-order chi connectivity index (χ0) is 17.6. The summed E-state index contributed by atoms with van der Waals surface area (Å²) >= 11 is 0. The van der Waals surface area contributed by atoms with Crippen molar-refractivity contribution in [1.29, 1.82) is 0 Å². The number of ether oxygens (including phenoxy) is 1. The molecular formula is C20H20N2O3. The Morgan fingerprint density at radius 3 is 2.68 bits per heavy atom. The highest BCUT2D eigenvalue weighted by molar-refractivity contribution is 5.91. The second kappa shape index (κ2) is 7.66. The topological polar surface area (TPSA) is 55.6 Å². The molecule has 1 amide bonds. The third-order valence-corrected chi connectivity index (χ3v) is 3.71. The molecule has 5 heteroatoms. The number of oxazole rings is 1. The van der Waals surface area contributed by atoms with Gasteiger partial charge >= 0.3 is 0 Å². The van der Waals surface area contributed by atoms with Gasteiger partial charge in [-0.1, -0.05) is 24.3 Å². The highest BCUT2D eigenvalue weighted by Gasteiger charge is 2.07. The summed E-state index contributed by atoms with van der Waals surface area (Å²) in [6.45, 7) is 3.10. The Hall–Kier alpha value is -3.08. The fraction of sp³-hybridized carbons (Fsp3) is 0.200. The molecule has 128 valence electrons. The van der Waals surface area contributed by atoms with Gasteiger partial charge in [0.1, 0.15) is 11.3 Å². The van der Waals surface area contributed by atoms with Crippen LogP contribution in [0.5, 0.6) is 5.75 Å². The number of aromatic nitrogens is 1. The van der Waals surface area contributed by atoms with Gasteiger partial charge in [0.05, 0.1) is 6.61 Å². The number of hydrogen-bond donors (Lipinski definition) is 0. The van der Waals surface area contributed by atoms with Crippen LogP contribution in [-0.4, -0.2) is 29.4 Å². The fourth-order valence-electron chi connectivity index (χ4n) is 2.44. The van der Waals surface area contributed by atoms with Crippen LogP contribution in [0.1, 0.15) is 18.4 Å². The molecule has 0 aliphatic rings. The molecule has 3 rings (SSSR count). The molecule has 5 nitrogen and oxygen atoms in total. The molecule has 0 fully saturated rings. The Morgan fingerprint density at radius 1 is 1.20 bits per heavy atom. The third-order valence-electron chi connectivity index (χ3n) is 3.71. The van der Waals surface area contributed by atoms with E-state index < -0.39 is 0 Å². The summed E-state index contributed by atoms with van der Waals surface area (Å²) in [6, 6.07) is 15.2. The number of carbonyl (C=O) groups is 1. The Bertz CT molecular complexity index is 848. The molecule has 0 unspecified atom stereocenters. The third kappa shape index (κ3) is 4.26. The van der Waals surface area contributed by atoms with E-state index >= 15 is 0 Å². The minimum absolute atomic E-state index is 0.115. The first-order chi connectivity index (χ1) is 12.2. The lowest BCUT2D eigenvalue weighted by atomic mass is 10.2. The molecule has 25 heavy (non-hydrogen) atoms. The van der Waals surface area contributed by atoms with Gasteiger partial charge in [0.15, 0.2) is 5.58 Å². The van der Waals surface area contributed by atoms with E-state index in [1.165, 1.54) is 6.08 Å². The molecule has 3 aromatic rings. The number of amides is 1. The van der Waals surface area contributed by atoms with Crippen molar-refractivity contribution in [1.82, 2.24) is 9.88 Å². The molecule has 0 spiro atoms. The number of rotatable bonds is 6. The monoisotopic (exact) mass is 336 g/mol. The molecule has 0 saturated carbocycles. The van der Waals surface area contributed by atoms with Gasteiger partial charge in [0.25, 0.3) is 0 Å². The molecule has 0 atom stereocenters. The number of carbonyl (C=O) groups excluding carboxylic acids is 1. The minimum Gasteiger partial charge on any atom is -0.494 e. The summed E-state index contributed by atoms with van der Waals surface area (Å²) in [5, 5.41) is 0. The van der Waals surface area contributed by atoms with Crippen LogP contribution >= 0.6 is 0 Å². The molecule has 0 aliphatic heterocycles. The highest BCUT2D eigenvalue weighted by atomic mass is 16.5. The van der Waals surface area contributed by atoms with Crippen LogP contribution in [0.25, 0.3) is 17.2 Å². The molecular weight excluding hydrogens is 316 g/mol. The smallest absolute Gasteiger partial charge is 0.246 e. The van der Waals surface area contributed by atoms with Gasteiger partial charge in [-0.15, -0.1) is 0 Å². The molecule has 0 saturated heterocycles. The predicted octanol–water partition coefficient (Wildman–Crippen LogP) is 3.90. The summed E-state index contributed by atoms with van der Waals surface area (Å²) in [5.74, 6) is 1.14. The van der Waals surface area contributed by atoms with E-state index in [-0.39, 0.29) is 5.91 Å². The van der Waals surface area contributed by atoms with Crippen molar-refractivity contribution in [3.8, 4) is 5.75 Å². The van der Waals surface area contributed by atoms with Crippen molar-refractivity contribution in [2.75, 3.05) is 13.7 Å². The van der Waals surface area contributed by atoms with Gasteiger partial charge in [-0.2, -0.15) is 0 Å². The minimum atomic E-state index is -0.115. The van der Waals surface area contributed by atoms with Crippen molar-refractivity contribution >= 4 is 23.1 Å². The maximum absolute atomic E-state index is 12.3. The van der Waals surface area contributed by atoms with Gasteiger partial charge < -0.3 is 14.1 Å². The van der Waals surface area contributed by atoms with Crippen LogP contribution < -0.4 is 4.74 Å². The Labute approximate surface area is 146 Å². The van der Waals surface area contributed by atoms with Crippen molar-refractivity contribution in [3.63, 3.8) is 0 Å². The molecule has 0 aliphatic carbocycles. The Morgan fingerprint density at radius 2 is 1.96 bits per heavy atom. The first-order valence-electron chi connectivity index (χ1n) is 8.16. The number of nitrogens with zero attached hydrogens (tertiary/aromatic N) is 2. The maximum atomic E-state index is 12.3. The lowest BCUT2D eigenvalue weighted by molar-refractivity contribution is -0.125. The van der Waals surface area contributed by atoms with Gasteiger partial charge in [0, 0.05) is 25.7 Å². The normalized spacial score (nSPS) is 11.1. The van der Waals surface area contributed by atoms with E-state index in [2.05, 4.69) is 4.98 Å². The second-order valence-electron chi connectivity index (χ2n) is 5.62. The SMILES string of the molecule is CCOc1ccc(CN(C)C(=O)/C=C/c2nc3ccccc3o2)cc1. The van der Waals surface area contributed by atoms with Crippen LogP contribution in [0.4, 0.5) is 0 Å². The summed E-state index contributed by atoms with van der Waals surface area (Å²) in [6.07, 6.45) is 3.07. The number of para-hydroxylation sites is 2. The average Bonchev–Trinajstić information content (AvgIpc) is 3.04. The van der Waals surface area contributed by atoms with Crippen molar-refractivity contribution in [3.05, 3.63) is 66.1 Å². The lowest BCUT2D eigenvalue weighted by Crippen LogP contribution is -2.24. The standard InChI is InChI=1S/C20H20N2O3/c1-3-24-16-10-8-15(9-11-16)14-22(2)20(23)13-12-19-21-17-6-4-5-7-18(17)25-19/h4-13H,3,14H2,1-2H3/b13-12+. The largest absolute Gasteiger partial charge is 0.494 e. The van der Waals surface area contributed by atoms with Crippen LogP contribution in [-0.2, 0) is 11.3 Å². The van der Waals surface area contributed by atoms with Gasteiger partial charge in [-0.25, -0.2) is 4.98 Å². The van der Waals surface area contributed by atoms with Crippen LogP contribution in [0, 0.1) is 0 Å². The van der Waals surface area contributed by atoms with Gasteiger partial charge in [-0.3, -0.25) is 4.79 Å². The van der Waals surface area contributed by atoms with Crippen LogP contribution in [0.15, 0.2) is 59.0 Å². The Balaban J connectivity index is 1.61. The Kier molecular flexibility index (Phi) is 5.14. The maximum Gasteiger partial charge on any atom is 0.246 e. The van der Waals surface area contributed by atoms with Crippen molar-refractivity contribution < 1.29 is 13.9 Å². The quantitative estimate of drug-likeness (QED) is 0.641. The first-order valence-corrected chi connectivity index (χ1v) is 8.16. The van der Waals surface area contributed by atoms with E-state index in [4.69, 9.17) is 9.15 Å². The summed E-state index contributed by atoms with van der Waals surface area (Å²) in [5.41, 5.74) is 2.52. The van der Waals surface area contributed by atoms with E-state index in [9.17, 15) is 4.79 Å². The average molecular weight is 336 g/mol. The number of likely N-dealkylation sites (N-methyl/N-ethyl adjacent to an activating group) is 1. The van der Waals surface area contributed by atoms with Crippen molar-refractivity contribution in [2.45, 2.75) is 13.5 Å². The van der Waals surface area contributed by atoms with E-state index in [0.717, 1.165) is 16.8 Å². The molecule has 0 radical (unpaired) electrons. The van der Waals surface area contributed by atoms with Crippen LogP contribution in [0.2, 0.25) is 0 Å². The van der Waals surface area contributed by atoms with E-state index in [1.807, 2.05) is 55.5 Å².